The van der Waals surface area contributed by atoms with Gasteiger partial charge in [0.1, 0.15) is 5.82 Å². The van der Waals surface area contributed by atoms with E-state index >= 15 is 0 Å². The van der Waals surface area contributed by atoms with E-state index in [9.17, 15) is 0 Å². The summed E-state index contributed by atoms with van der Waals surface area (Å²) in [4.78, 5) is 9.33. The molecule has 90 valence electrons. The van der Waals surface area contributed by atoms with Crippen LogP contribution < -0.4 is 4.90 Å². The van der Waals surface area contributed by atoms with Crippen molar-refractivity contribution in [2.45, 2.75) is 6.54 Å². The summed E-state index contributed by atoms with van der Waals surface area (Å²) in [7, 11) is 0. The first-order valence-corrected chi connectivity index (χ1v) is 6.18. The third-order valence-corrected chi connectivity index (χ3v) is 2.99. The molecule has 1 aromatic heterocycles. The minimum atomic E-state index is 0.122. The highest BCUT2D eigenvalue weighted by Gasteiger charge is 2.07. The molecule has 1 heterocycles. The Bertz CT molecular complexity index is 441. The van der Waals surface area contributed by atoms with Crippen LogP contribution in [0.25, 0.3) is 0 Å². The van der Waals surface area contributed by atoms with E-state index < -0.39 is 0 Å². The van der Waals surface area contributed by atoms with Gasteiger partial charge in [0.15, 0.2) is 0 Å². The van der Waals surface area contributed by atoms with E-state index in [0.29, 0.717) is 13.1 Å². The van der Waals surface area contributed by atoms with Crippen molar-refractivity contribution in [2.75, 3.05) is 18.1 Å². The van der Waals surface area contributed by atoms with Crippen LogP contribution in [0.4, 0.5) is 5.69 Å². The second kappa shape index (κ2) is 5.84. The summed E-state index contributed by atoms with van der Waals surface area (Å²) < 4.78 is 1.04. The van der Waals surface area contributed by atoms with E-state index in [1.807, 2.05) is 24.3 Å². The molecule has 0 amide bonds. The van der Waals surface area contributed by atoms with Crippen molar-refractivity contribution in [3.8, 4) is 0 Å². The smallest absolute Gasteiger partial charge is 0.125 e. The van der Waals surface area contributed by atoms with Crippen LogP contribution in [0.5, 0.6) is 0 Å². The van der Waals surface area contributed by atoms with E-state index in [1.54, 1.807) is 12.4 Å². The molecule has 2 N–H and O–H groups in total. The minimum absolute atomic E-state index is 0.122. The monoisotopic (exact) mass is 295 g/mol. The number of nitrogens with zero attached hydrogens (tertiary/aromatic N) is 2. The van der Waals surface area contributed by atoms with Gasteiger partial charge in [-0.3, -0.25) is 0 Å². The van der Waals surface area contributed by atoms with E-state index in [1.165, 1.54) is 0 Å². The topological polar surface area (TPSA) is 52.1 Å². The molecule has 0 aliphatic rings. The molecule has 0 atom stereocenters. The average molecular weight is 296 g/mol. The highest BCUT2D eigenvalue weighted by Crippen LogP contribution is 2.19. The largest absolute Gasteiger partial charge is 0.395 e. The van der Waals surface area contributed by atoms with Gasteiger partial charge in [-0.05, 0) is 24.3 Å². The number of anilines is 1. The summed E-state index contributed by atoms with van der Waals surface area (Å²) in [5.41, 5.74) is 1.07. The summed E-state index contributed by atoms with van der Waals surface area (Å²) in [5, 5.41) is 9.10. The van der Waals surface area contributed by atoms with E-state index in [4.69, 9.17) is 5.11 Å². The van der Waals surface area contributed by atoms with Crippen LogP contribution in [-0.4, -0.2) is 28.2 Å². The number of rotatable bonds is 5. The number of aliphatic hydroxyl groups is 1. The Morgan fingerprint density at radius 2 is 2.06 bits per heavy atom. The number of aromatic nitrogens is 2. The molecule has 2 aromatic rings. The molecule has 2 rings (SSSR count). The number of hydrogen-bond acceptors (Lipinski definition) is 3. The lowest BCUT2D eigenvalue weighted by Crippen LogP contribution is -2.26. The normalized spacial score (nSPS) is 10.5. The maximum atomic E-state index is 9.10. The van der Waals surface area contributed by atoms with Crippen molar-refractivity contribution in [1.29, 1.82) is 0 Å². The number of H-pyrrole nitrogens is 1. The molecule has 17 heavy (non-hydrogen) atoms. The quantitative estimate of drug-likeness (QED) is 0.889. The number of aliphatic hydroxyl groups excluding tert-OH is 1. The summed E-state index contributed by atoms with van der Waals surface area (Å²) in [6, 6.07) is 8.01. The van der Waals surface area contributed by atoms with Crippen LogP contribution in [0.1, 0.15) is 5.82 Å². The standard InChI is InChI=1S/C12H14BrN3O/c13-10-1-3-11(4-2-10)16(7-8-17)9-12-14-5-6-15-12/h1-6,17H,7-9H2,(H,14,15). The van der Waals surface area contributed by atoms with Crippen molar-refractivity contribution in [3.05, 3.63) is 47.0 Å². The van der Waals surface area contributed by atoms with Gasteiger partial charge in [0.2, 0.25) is 0 Å². The van der Waals surface area contributed by atoms with Gasteiger partial charge in [-0.2, -0.15) is 0 Å². The number of halogens is 1. The molecule has 0 spiro atoms. The SMILES string of the molecule is OCCN(Cc1ncc[nH]1)c1ccc(Br)cc1. The van der Waals surface area contributed by atoms with E-state index in [0.717, 1.165) is 16.0 Å². The van der Waals surface area contributed by atoms with Gasteiger partial charge in [0.05, 0.1) is 13.2 Å². The number of imidazole rings is 1. The molecule has 0 bridgehead atoms. The summed E-state index contributed by atoms with van der Waals surface area (Å²) in [5.74, 6) is 0.890. The summed E-state index contributed by atoms with van der Waals surface area (Å²) in [6.45, 7) is 1.37. The highest BCUT2D eigenvalue weighted by molar-refractivity contribution is 9.10. The first-order chi connectivity index (χ1) is 8.29. The molecule has 0 fully saturated rings. The lowest BCUT2D eigenvalue weighted by molar-refractivity contribution is 0.301. The number of hydrogen-bond donors (Lipinski definition) is 2. The van der Waals surface area contributed by atoms with Crippen LogP contribution in [-0.2, 0) is 6.54 Å². The van der Waals surface area contributed by atoms with Crippen LogP contribution >= 0.6 is 15.9 Å². The Kier molecular flexibility index (Phi) is 4.17. The van der Waals surface area contributed by atoms with Crippen LogP contribution in [0.3, 0.4) is 0 Å². The van der Waals surface area contributed by atoms with Gasteiger partial charge >= 0.3 is 0 Å². The fraction of sp³-hybridized carbons (Fsp3) is 0.250. The maximum absolute atomic E-state index is 9.10. The minimum Gasteiger partial charge on any atom is -0.395 e. The molecule has 0 aliphatic heterocycles. The lowest BCUT2D eigenvalue weighted by Gasteiger charge is -2.22. The molecule has 0 saturated heterocycles. The second-order valence-corrected chi connectivity index (χ2v) is 4.57. The molecular formula is C12H14BrN3O. The zero-order valence-corrected chi connectivity index (χ0v) is 10.9. The number of nitrogens with one attached hydrogen (secondary N) is 1. The van der Waals surface area contributed by atoms with Gasteiger partial charge in [0, 0.05) is 29.1 Å². The van der Waals surface area contributed by atoms with Gasteiger partial charge in [-0.1, -0.05) is 15.9 Å². The Morgan fingerprint density at radius 3 is 2.65 bits per heavy atom. The fourth-order valence-electron chi connectivity index (χ4n) is 1.64. The summed E-state index contributed by atoms with van der Waals surface area (Å²) in [6.07, 6.45) is 3.53. The molecule has 4 nitrogen and oxygen atoms in total. The zero-order valence-electron chi connectivity index (χ0n) is 9.31. The number of aromatic amines is 1. The first kappa shape index (κ1) is 12.1. The predicted octanol–water partition coefficient (Wildman–Crippen LogP) is 2.17. The Balaban J connectivity index is 2.13. The van der Waals surface area contributed by atoms with Gasteiger partial charge in [-0.15, -0.1) is 0 Å². The van der Waals surface area contributed by atoms with E-state index in [-0.39, 0.29) is 6.61 Å². The van der Waals surface area contributed by atoms with Crippen molar-refractivity contribution in [3.63, 3.8) is 0 Å². The molecule has 5 heteroatoms. The van der Waals surface area contributed by atoms with Crippen LogP contribution in [0, 0.1) is 0 Å². The first-order valence-electron chi connectivity index (χ1n) is 5.39. The van der Waals surface area contributed by atoms with Gasteiger partial charge < -0.3 is 15.0 Å². The molecule has 0 radical (unpaired) electrons. The number of benzene rings is 1. The van der Waals surface area contributed by atoms with Gasteiger partial charge in [-0.25, -0.2) is 4.98 Å². The lowest BCUT2D eigenvalue weighted by atomic mass is 10.3. The van der Waals surface area contributed by atoms with Gasteiger partial charge in [0.25, 0.3) is 0 Å². The Labute approximate surface area is 108 Å². The Hall–Kier alpha value is -1.33. The van der Waals surface area contributed by atoms with E-state index in [2.05, 4.69) is 30.8 Å². The third-order valence-electron chi connectivity index (χ3n) is 2.46. The Morgan fingerprint density at radius 1 is 1.29 bits per heavy atom. The third kappa shape index (κ3) is 3.31. The molecule has 1 aromatic carbocycles. The van der Waals surface area contributed by atoms with Crippen molar-refractivity contribution < 1.29 is 5.11 Å². The molecule has 0 saturated carbocycles. The van der Waals surface area contributed by atoms with Crippen molar-refractivity contribution in [2.24, 2.45) is 0 Å². The zero-order chi connectivity index (χ0) is 12.1. The van der Waals surface area contributed by atoms with Crippen molar-refractivity contribution in [1.82, 2.24) is 9.97 Å². The molecule has 0 unspecified atom stereocenters. The van der Waals surface area contributed by atoms with Crippen LogP contribution in [0.15, 0.2) is 41.1 Å². The fourth-order valence-corrected chi connectivity index (χ4v) is 1.90. The second-order valence-electron chi connectivity index (χ2n) is 3.66. The maximum Gasteiger partial charge on any atom is 0.125 e. The predicted molar refractivity (Wildman–Crippen MR) is 70.9 cm³/mol. The van der Waals surface area contributed by atoms with Crippen molar-refractivity contribution >= 4 is 21.6 Å². The molecular weight excluding hydrogens is 282 g/mol. The summed E-state index contributed by atoms with van der Waals surface area (Å²) >= 11 is 3.41. The average Bonchev–Trinajstić information content (AvgIpc) is 2.82. The molecule has 0 aliphatic carbocycles. The highest BCUT2D eigenvalue weighted by atomic mass is 79.9. The van der Waals surface area contributed by atoms with Crippen LogP contribution in [0.2, 0.25) is 0 Å².